The average Bonchev–Trinajstić information content (AvgIpc) is 2.72. The number of phenolic OH excluding ortho intramolecular Hbond substituents is 1. The molecule has 0 unspecified atom stereocenters. The van der Waals surface area contributed by atoms with Crippen LogP contribution in [-0.4, -0.2) is 25.9 Å². The number of amides is 2. The number of nitrogens with one attached hydrogen (secondary N) is 2. The summed E-state index contributed by atoms with van der Waals surface area (Å²) >= 11 is 0. The number of urea groups is 1. The molecule has 0 saturated heterocycles. The van der Waals surface area contributed by atoms with E-state index in [1.165, 1.54) is 11.0 Å². The maximum atomic E-state index is 11.5. The molecule has 1 heterocycles. The molecular weight excluding hydrogens is 234 g/mol. The number of rotatable bonds is 3. The van der Waals surface area contributed by atoms with Crippen LogP contribution in [-0.2, 0) is 13.6 Å². The van der Waals surface area contributed by atoms with Crippen LogP contribution in [0.15, 0.2) is 30.6 Å². The summed E-state index contributed by atoms with van der Waals surface area (Å²) in [6, 6.07) is 6.27. The third-order valence-corrected chi connectivity index (χ3v) is 2.19. The zero-order valence-corrected chi connectivity index (χ0v) is 9.79. The molecule has 7 nitrogen and oxygen atoms in total. The lowest BCUT2D eigenvalue weighted by Gasteiger charge is -2.05. The molecule has 2 amide bonds. The van der Waals surface area contributed by atoms with Crippen LogP contribution < -0.4 is 10.6 Å². The largest absolute Gasteiger partial charge is 0.508 e. The van der Waals surface area contributed by atoms with Crippen molar-refractivity contribution in [3.05, 3.63) is 36.2 Å². The van der Waals surface area contributed by atoms with Crippen molar-refractivity contribution in [1.29, 1.82) is 0 Å². The number of nitrogens with zero attached hydrogens (tertiary/aromatic N) is 3. The van der Waals surface area contributed by atoms with Crippen molar-refractivity contribution < 1.29 is 9.90 Å². The Labute approximate surface area is 103 Å². The van der Waals surface area contributed by atoms with Crippen LogP contribution in [0, 0.1) is 0 Å². The molecule has 2 rings (SSSR count). The number of carbonyl (C=O) groups is 1. The van der Waals surface area contributed by atoms with Crippen LogP contribution in [0.25, 0.3) is 0 Å². The highest BCUT2D eigenvalue weighted by molar-refractivity contribution is 5.87. The number of aromatic hydroxyl groups is 1. The summed E-state index contributed by atoms with van der Waals surface area (Å²) in [5.41, 5.74) is 0.805. The van der Waals surface area contributed by atoms with E-state index in [1.54, 1.807) is 31.3 Å². The quantitative estimate of drug-likeness (QED) is 0.749. The van der Waals surface area contributed by atoms with Crippen molar-refractivity contribution in [3.63, 3.8) is 0 Å². The lowest BCUT2D eigenvalue weighted by Crippen LogP contribution is -2.28. The summed E-state index contributed by atoms with van der Waals surface area (Å²) < 4.78 is 1.49. The Morgan fingerprint density at radius 2 is 2.33 bits per heavy atom. The molecule has 0 aliphatic heterocycles. The van der Waals surface area contributed by atoms with Gasteiger partial charge >= 0.3 is 6.03 Å². The Hall–Kier alpha value is -2.57. The van der Waals surface area contributed by atoms with E-state index in [0.717, 1.165) is 5.56 Å². The van der Waals surface area contributed by atoms with Gasteiger partial charge in [0.2, 0.25) is 5.95 Å². The van der Waals surface area contributed by atoms with Gasteiger partial charge in [0.1, 0.15) is 12.1 Å². The van der Waals surface area contributed by atoms with Gasteiger partial charge in [-0.1, -0.05) is 12.1 Å². The van der Waals surface area contributed by atoms with Crippen molar-refractivity contribution in [2.45, 2.75) is 6.54 Å². The highest BCUT2D eigenvalue weighted by atomic mass is 16.3. The molecule has 1 aromatic heterocycles. The third-order valence-electron chi connectivity index (χ3n) is 2.19. The molecule has 0 spiro atoms. The maximum absolute atomic E-state index is 11.5. The first-order valence-electron chi connectivity index (χ1n) is 5.32. The molecule has 0 radical (unpaired) electrons. The number of hydrogen-bond acceptors (Lipinski definition) is 4. The minimum absolute atomic E-state index is 0.168. The van der Waals surface area contributed by atoms with Gasteiger partial charge in [-0.3, -0.25) is 10.00 Å². The van der Waals surface area contributed by atoms with Crippen molar-refractivity contribution in [2.24, 2.45) is 7.05 Å². The molecule has 0 aliphatic carbocycles. The van der Waals surface area contributed by atoms with Gasteiger partial charge in [0.15, 0.2) is 0 Å². The van der Waals surface area contributed by atoms with E-state index in [0.29, 0.717) is 6.54 Å². The molecule has 1 aromatic carbocycles. The average molecular weight is 247 g/mol. The van der Waals surface area contributed by atoms with Gasteiger partial charge in [-0.15, -0.1) is 5.10 Å². The van der Waals surface area contributed by atoms with E-state index in [2.05, 4.69) is 20.7 Å². The lowest BCUT2D eigenvalue weighted by atomic mass is 10.2. The monoisotopic (exact) mass is 247 g/mol. The van der Waals surface area contributed by atoms with Crippen LogP contribution in [0.1, 0.15) is 5.56 Å². The van der Waals surface area contributed by atoms with E-state index < -0.39 is 6.03 Å². The summed E-state index contributed by atoms with van der Waals surface area (Å²) in [5, 5.41) is 18.3. The van der Waals surface area contributed by atoms with Gasteiger partial charge in [0.05, 0.1) is 0 Å². The zero-order valence-electron chi connectivity index (χ0n) is 9.79. The van der Waals surface area contributed by atoms with Gasteiger partial charge in [-0.05, 0) is 17.7 Å². The summed E-state index contributed by atoms with van der Waals surface area (Å²) in [4.78, 5) is 15.4. The van der Waals surface area contributed by atoms with Crippen LogP contribution in [0.5, 0.6) is 5.75 Å². The molecule has 2 aromatic rings. The first-order chi connectivity index (χ1) is 8.63. The van der Waals surface area contributed by atoms with Gasteiger partial charge in [-0.2, -0.15) is 0 Å². The fourth-order valence-corrected chi connectivity index (χ4v) is 1.39. The van der Waals surface area contributed by atoms with Crippen LogP contribution >= 0.6 is 0 Å². The highest BCUT2D eigenvalue weighted by Crippen LogP contribution is 2.10. The molecule has 94 valence electrons. The maximum Gasteiger partial charge on any atom is 0.321 e. The zero-order chi connectivity index (χ0) is 13.0. The van der Waals surface area contributed by atoms with Gasteiger partial charge < -0.3 is 10.4 Å². The van der Waals surface area contributed by atoms with Gasteiger partial charge in [-0.25, -0.2) is 9.78 Å². The molecule has 0 atom stereocenters. The summed E-state index contributed by atoms with van der Waals surface area (Å²) in [5.74, 6) is 0.409. The summed E-state index contributed by atoms with van der Waals surface area (Å²) in [6.45, 7) is 0.313. The Balaban J connectivity index is 1.85. The molecule has 7 heteroatoms. The van der Waals surface area contributed by atoms with Crippen molar-refractivity contribution in [3.8, 4) is 5.75 Å². The van der Waals surface area contributed by atoms with E-state index in [-0.39, 0.29) is 11.7 Å². The van der Waals surface area contributed by atoms with Crippen molar-refractivity contribution >= 4 is 12.0 Å². The van der Waals surface area contributed by atoms with Crippen LogP contribution in [0.2, 0.25) is 0 Å². The Morgan fingerprint density at radius 3 is 3.00 bits per heavy atom. The fraction of sp³-hybridized carbons (Fsp3) is 0.182. The number of aryl methyl sites for hydroxylation is 1. The fourth-order valence-electron chi connectivity index (χ4n) is 1.39. The molecule has 18 heavy (non-hydrogen) atoms. The molecule has 0 bridgehead atoms. The van der Waals surface area contributed by atoms with Gasteiger partial charge in [0.25, 0.3) is 0 Å². The molecule has 0 saturated carbocycles. The second-order valence-corrected chi connectivity index (χ2v) is 3.72. The Kier molecular flexibility index (Phi) is 3.42. The Bertz CT molecular complexity index is 552. The Morgan fingerprint density at radius 1 is 1.50 bits per heavy atom. The molecule has 0 fully saturated rings. The summed E-state index contributed by atoms with van der Waals surface area (Å²) in [7, 11) is 1.71. The van der Waals surface area contributed by atoms with E-state index in [9.17, 15) is 9.90 Å². The topological polar surface area (TPSA) is 92.1 Å². The number of hydrogen-bond donors (Lipinski definition) is 3. The van der Waals surface area contributed by atoms with Crippen molar-refractivity contribution in [1.82, 2.24) is 20.1 Å². The second-order valence-electron chi connectivity index (χ2n) is 3.72. The molecule has 3 N–H and O–H groups in total. The lowest BCUT2D eigenvalue weighted by molar-refractivity contribution is 0.251. The minimum Gasteiger partial charge on any atom is -0.508 e. The number of anilines is 1. The van der Waals surface area contributed by atoms with E-state index in [4.69, 9.17) is 0 Å². The minimum atomic E-state index is -0.399. The van der Waals surface area contributed by atoms with E-state index >= 15 is 0 Å². The number of aromatic nitrogens is 3. The first-order valence-corrected chi connectivity index (χ1v) is 5.32. The highest BCUT2D eigenvalue weighted by Gasteiger charge is 2.04. The molecular formula is C11H13N5O2. The second kappa shape index (κ2) is 5.17. The SMILES string of the molecule is Cn1cnc(NC(=O)NCc2cccc(O)c2)n1. The van der Waals surface area contributed by atoms with E-state index in [1.807, 2.05) is 0 Å². The number of benzene rings is 1. The third kappa shape index (κ3) is 3.21. The number of phenols is 1. The standard InChI is InChI=1S/C11H13N5O2/c1-16-7-13-10(15-16)14-11(18)12-6-8-3-2-4-9(17)5-8/h2-5,7,17H,6H2,1H3,(H2,12,14,15,18). The van der Waals surface area contributed by atoms with Gasteiger partial charge in [0, 0.05) is 13.6 Å². The predicted octanol–water partition coefficient (Wildman–Crippen LogP) is 0.842. The summed E-state index contributed by atoms with van der Waals surface area (Å²) in [6.07, 6.45) is 1.49. The molecule has 0 aliphatic rings. The smallest absolute Gasteiger partial charge is 0.321 e. The number of carbonyl (C=O) groups excluding carboxylic acids is 1. The predicted molar refractivity (Wildman–Crippen MR) is 65.0 cm³/mol. The first kappa shape index (κ1) is 11.9. The normalized spacial score (nSPS) is 10.1. The van der Waals surface area contributed by atoms with Crippen LogP contribution in [0.3, 0.4) is 0 Å². The van der Waals surface area contributed by atoms with Crippen LogP contribution in [0.4, 0.5) is 10.7 Å². The van der Waals surface area contributed by atoms with Crippen molar-refractivity contribution in [2.75, 3.05) is 5.32 Å².